The number of para-hydroxylation sites is 1. The summed E-state index contributed by atoms with van der Waals surface area (Å²) in [7, 11) is 0. The van der Waals surface area contributed by atoms with E-state index in [4.69, 9.17) is 9.84 Å². The second kappa shape index (κ2) is 8.14. The first-order valence-corrected chi connectivity index (χ1v) is 6.91. The number of aliphatic carboxylic acids is 1. The average molecular weight is 294 g/mol. The third kappa shape index (κ3) is 5.72. The molecule has 0 aliphatic rings. The van der Waals surface area contributed by atoms with Gasteiger partial charge in [-0.2, -0.15) is 0 Å². The van der Waals surface area contributed by atoms with Crippen molar-refractivity contribution in [2.75, 3.05) is 19.7 Å². The lowest BCUT2D eigenvalue weighted by molar-refractivity contribution is -0.147. The van der Waals surface area contributed by atoms with Crippen LogP contribution in [0.4, 0.5) is 4.79 Å². The van der Waals surface area contributed by atoms with E-state index >= 15 is 0 Å². The molecule has 21 heavy (non-hydrogen) atoms. The highest BCUT2D eigenvalue weighted by molar-refractivity contribution is 5.77. The standard InChI is InChI=1S/C15H22N2O4/c1-3-15(2,13(18)19)11-17-14(20)16-9-10-21-12-7-5-4-6-8-12/h4-8H,3,9-11H2,1-2H3,(H,18,19)(H2,16,17,20). The quantitative estimate of drug-likeness (QED) is 0.639. The molecule has 116 valence electrons. The molecule has 0 aromatic heterocycles. The summed E-state index contributed by atoms with van der Waals surface area (Å²) in [6.45, 7) is 4.16. The molecule has 1 unspecified atom stereocenters. The van der Waals surface area contributed by atoms with Crippen molar-refractivity contribution in [2.45, 2.75) is 20.3 Å². The summed E-state index contributed by atoms with van der Waals surface area (Å²) < 4.78 is 5.42. The van der Waals surface area contributed by atoms with Gasteiger partial charge < -0.3 is 20.5 Å². The maximum Gasteiger partial charge on any atom is 0.314 e. The van der Waals surface area contributed by atoms with Crippen LogP contribution in [0.5, 0.6) is 5.75 Å². The van der Waals surface area contributed by atoms with Crippen LogP contribution < -0.4 is 15.4 Å². The predicted octanol–water partition coefficient (Wildman–Crippen LogP) is 1.87. The highest BCUT2D eigenvalue weighted by Crippen LogP contribution is 2.19. The first-order chi connectivity index (χ1) is 9.98. The van der Waals surface area contributed by atoms with Gasteiger partial charge in [-0.25, -0.2) is 4.79 Å². The Bertz CT molecular complexity index is 464. The maximum absolute atomic E-state index is 11.6. The molecule has 0 bridgehead atoms. The molecule has 0 aliphatic heterocycles. The number of nitrogens with one attached hydrogen (secondary N) is 2. The molecular weight excluding hydrogens is 272 g/mol. The average Bonchev–Trinajstić information content (AvgIpc) is 2.50. The van der Waals surface area contributed by atoms with Gasteiger partial charge >= 0.3 is 12.0 Å². The Morgan fingerprint density at radius 3 is 2.48 bits per heavy atom. The van der Waals surface area contributed by atoms with Crippen molar-refractivity contribution < 1.29 is 19.4 Å². The number of ether oxygens (including phenoxy) is 1. The van der Waals surface area contributed by atoms with Gasteiger partial charge in [0, 0.05) is 6.54 Å². The smallest absolute Gasteiger partial charge is 0.314 e. The van der Waals surface area contributed by atoms with Crippen molar-refractivity contribution in [2.24, 2.45) is 5.41 Å². The van der Waals surface area contributed by atoms with Crippen LogP contribution in [0.2, 0.25) is 0 Å². The maximum atomic E-state index is 11.6. The van der Waals surface area contributed by atoms with Gasteiger partial charge in [-0.3, -0.25) is 4.79 Å². The number of hydrogen-bond acceptors (Lipinski definition) is 3. The van der Waals surface area contributed by atoms with Crippen LogP contribution in [0.1, 0.15) is 20.3 Å². The van der Waals surface area contributed by atoms with E-state index in [2.05, 4.69) is 10.6 Å². The van der Waals surface area contributed by atoms with E-state index in [1.165, 1.54) is 0 Å². The Labute approximate surface area is 124 Å². The molecule has 3 N–H and O–H groups in total. The van der Waals surface area contributed by atoms with E-state index in [-0.39, 0.29) is 6.54 Å². The molecule has 0 heterocycles. The van der Waals surface area contributed by atoms with Gasteiger partial charge in [0.15, 0.2) is 0 Å². The van der Waals surface area contributed by atoms with Gasteiger partial charge in [0.25, 0.3) is 0 Å². The van der Waals surface area contributed by atoms with Crippen LogP contribution in [0, 0.1) is 5.41 Å². The Balaban J connectivity index is 2.21. The highest BCUT2D eigenvalue weighted by atomic mass is 16.5. The lowest BCUT2D eigenvalue weighted by atomic mass is 9.88. The number of carboxylic acids is 1. The summed E-state index contributed by atoms with van der Waals surface area (Å²) in [5.41, 5.74) is -0.947. The van der Waals surface area contributed by atoms with Gasteiger partial charge in [0.2, 0.25) is 0 Å². The van der Waals surface area contributed by atoms with E-state index in [0.717, 1.165) is 5.75 Å². The van der Waals surface area contributed by atoms with Gasteiger partial charge in [-0.05, 0) is 25.5 Å². The Morgan fingerprint density at radius 1 is 1.24 bits per heavy atom. The summed E-state index contributed by atoms with van der Waals surface area (Å²) in [6, 6.07) is 8.90. The summed E-state index contributed by atoms with van der Waals surface area (Å²) >= 11 is 0. The van der Waals surface area contributed by atoms with Gasteiger partial charge in [0.05, 0.1) is 12.0 Å². The first kappa shape index (κ1) is 16.8. The summed E-state index contributed by atoms with van der Waals surface area (Å²) in [5.74, 6) is -0.179. The molecule has 0 spiro atoms. The number of carbonyl (C=O) groups is 2. The molecule has 0 radical (unpaired) electrons. The van der Waals surface area contributed by atoms with E-state index in [9.17, 15) is 9.59 Å². The monoisotopic (exact) mass is 294 g/mol. The molecular formula is C15H22N2O4. The SMILES string of the molecule is CCC(C)(CNC(=O)NCCOc1ccccc1)C(=O)O. The molecule has 0 aliphatic carbocycles. The third-order valence-electron chi connectivity index (χ3n) is 3.34. The predicted molar refractivity (Wildman–Crippen MR) is 79.4 cm³/mol. The molecule has 1 atom stereocenters. The molecule has 0 saturated carbocycles. The Hall–Kier alpha value is -2.24. The van der Waals surface area contributed by atoms with Crippen molar-refractivity contribution >= 4 is 12.0 Å². The highest BCUT2D eigenvalue weighted by Gasteiger charge is 2.31. The molecule has 0 fully saturated rings. The number of rotatable bonds is 8. The minimum absolute atomic E-state index is 0.0875. The van der Waals surface area contributed by atoms with Crippen LogP contribution in [-0.2, 0) is 4.79 Å². The van der Waals surface area contributed by atoms with Crippen LogP contribution in [0.15, 0.2) is 30.3 Å². The fourth-order valence-corrected chi connectivity index (χ4v) is 1.54. The number of hydrogen-bond donors (Lipinski definition) is 3. The number of amides is 2. The summed E-state index contributed by atoms with van der Waals surface area (Å²) in [5, 5.41) is 14.3. The Kier molecular flexibility index (Phi) is 6.52. The van der Waals surface area contributed by atoms with Crippen molar-refractivity contribution in [1.29, 1.82) is 0 Å². The lowest BCUT2D eigenvalue weighted by Gasteiger charge is -2.23. The van der Waals surface area contributed by atoms with Crippen molar-refractivity contribution in [3.8, 4) is 5.75 Å². The van der Waals surface area contributed by atoms with E-state index in [0.29, 0.717) is 19.6 Å². The molecule has 0 saturated heterocycles. The fourth-order valence-electron chi connectivity index (χ4n) is 1.54. The van der Waals surface area contributed by atoms with Crippen molar-refractivity contribution in [3.05, 3.63) is 30.3 Å². The minimum Gasteiger partial charge on any atom is -0.492 e. The first-order valence-electron chi connectivity index (χ1n) is 6.91. The molecule has 6 heteroatoms. The number of benzene rings is 1. The summed E-state index contributed by atoms with van der Waals surface area (Å²) in [4.78, 5) is 22.7. The van der Waals surface area contributed by atoms with Crippen LogP contribution in [-0.4, -0.2) is 36.8 Å². The normalized spacial score (nSPS) is 13.0. The zero-order valence-electron chi connectivity index (χ0n) is 12.4. The fraction of sp³-hybridized carbons (Fsp3) is 0.467. The largest absolute Gasteiger partial charge is 0.492 e. The lowest BCUT2D eigenvalue weighted by Crippen LogP contribution is -2.45. The number of carbonyl (C=O) groups excluding carboxylic acids is 1. The van der Waals surface area contributed by atoms with E-state index < -0.39 is 17.4 Å². The molecule has 6 nitrogen and oxygen atoms in total. The topological polar surface area (TPSA) is 87.7 Å². The second-order valence-electron chi connectivity index (χ2n) is 4.99. The molecule has 2 amide bonds. The molecule has 1 aromatic carbocycles. The van der Waals surface area contributed by atoms with Crippen LogP contribution >= 0.6 is 0 Å². The van der Waals surface area contributed by atoms with Gasteiger partial charge in [-0.1, -0.05) is 25.1 Å². The minimum atomic E-state index is -0.947. The number of urea groups is 1. The third-order valence-corrected chi connectivity index (χ3v) is 3.34. The second-order valence-corrected chi connectivity index (χ2v) is 4.99. The molecule has 1 rings (SSSR count). The van der Waals surface area contributed by atoms with E-state index in [1.807, 2.05) is 30.3 Å². The molecule has 1 aromatic rings. The summed E-state index contributed by atoms with van der Waals surface area (Å²) in [6.07, 6.45) is 0.444. The van der Waals surface area contributed by atoms with Crippen molar-refractivity contribution in [1.82, 2.24) is 10.6 Å². The van der Waals surface area contributed by atoms with Gasteiger partial charge in [-0.15, -0.1) is 0 Å². The van der Waals surface area contributed by atoms with Crippen molar-refractivity contribution in [3.63, 3.8) is 0 Å². The van der Waals surface area contributed by atoms with E-state index in [1.54, 1.807) is 13.8 Å². The zero-order chi connectivity index (χ0) is 15.7. The number of carboxylic acid groups (broad SMARTS) is 1. The van der Waals surface area contributed by atoms with Gasteiger partial charge in [0.1, 0.15) is 12.4 Å². The Morgan fingerprint density at radius 2 is 1.90 bits per heavy atom. The van der Waals surface area contributed by atoms with Crippen LogP contribution in [0.25, 0.3) is 0 Å². The zero-order valence-corrected chi connectivity index (χ0v) is 12.4. The van der Waals surface area contributed by atoms with Crippen LogP contribution in [0.3, 0.4) is 0 Å².